The normalized spacial score (nSPS) is 16.6. The fourth-order valence-electron chi connectivity index (χ4n) is 1.90. The molecule has 1 saturated heterocycles. The van der Waals surface area contributed by atoms with Crippen molar-refractivity contribution in [2.45, 2.75) is 13.0 Å². The van der Waals surface area contributed by atoms with Crippen LogP contribution < -0.4 is 9.47 Å². The van der Waals surface area contributed by atoms with Crippen LogP contribution in [0.5, 0.6) is 11.5 Å². The summed E-state index contributed by atoms with van der Waals surface area (Å²) < 4.78 is 16.5. The first kappa shape index (κ1) is 14.1. The van der Waals surface area contributed by atoms with Crippen molar-refractivity contribution in [2.75, 3.05) is 19.8 Å². The van der Waals surface area contributed by atoms with Gasteiger partial charge in [0.1, 0.15) is 24.2 Å². The Balaban J connectivity index is 1.90. The molecule has 0 amide bonds. The third-order valence-electron chi connectivity index (χ3n) is 3.00. The minimum atomic E-state index is 0.185. The van der Waals surface area contributed by atoms with E-state index in [1.54, 1.807) is 6.07 Å². The van der Waals surface area contributed by atoms with Crippen molar-refractivity contribution in [3.63, 3.8) is 0 Å². The zero-order valence-corrected chi connectivity index (χ0v) is 12.3. The average molecular weight is 307 g/mol. The Hall–Kier alpha value is -1.85. The van der Waals surface area contributed by atoms with Crippen LogP contribution in [0.2, 0.25) is 5.15 Å². The summed E-state index contributed by atoms with van der Waals surface area (Å²) in [4.78, 5) is 0. The summed E-state index contributed by atoms with van der Waals surface area (Å²) in [6.45, 7) is 3.81. The lowest BCUT2D eigenvalue weighted by Crippen LogP contribution is -2.05. The number of nitrogens with zero attached hydrogens (tertiary/aromatic N) is 2. The number of aromatic nitrogens is 2. The SMILES string of the molecule is CCOc1ccc(-c2ccc(Cl)nn2)c(OCC2CO2)c1. The summed E-state index contributed by atoms with van der Waals surface area (Å²) in [6.07, 6.45) is 0.185. The van der Waals surface area contributed by atoms with Crippen LogP contribution in [-0.2, 0) is 4.74 Å². The number of hydrogen-bond donors (Lipinski definition) is 0. The van der Waals surface area contributed by atoms with E-state index in [-0.39, 0.29) is 6.10 Å². The van der Waals surface area contributed by atoms with Crippen LogP contribution in [0.25, 0.3) is 11.3 Å². The molecular weight excluding hydrogens is 292 g/mol. The average Bonchev–Trinajstić information content (AvgIpc) is 3.31. The molecule has 1 unspecified atom stereocenters. The molecule has 0 saturated carbocycles. The van der Waals surface area contributed by atoms with Crippen LogP contribution in [0.15, 0.2) is 30.3 Å². The quantitative estimate of drug-likeness (QED) is 0.768. The van der Waals surface area contributed by atoms with Crippen molar-refractivity contribution in [2.24, 2.45) is 0 Å². The monoisotopic (exact) mass is 306 g/mol. The molecule has 3 rings (SSSR count). The highest BCUT2D eigenvalue weighted by Crippen LogP contribution is 2.33. The Morgan fingerprint density at radius 3 is 2.76 bits per heavy atom. The Kier molecular flexibility index (Phi) is 4.22. The molecule has 0 aliphatic carbocycles. The van der Waals surface area contributed by atoms with Gasteiger partial charge in [0.2, 0.25) is 0 Å². The first-order valence-corrected chi connectivity index (χ1v) is 7.15. The second kappa shape index (κ2) is 6.28. The molecule has 1 aliphatic rings. The van der Waals surface area contributed by atoms with Crippen LogP contribution in [-0.4, -0.2) is 36.1 Å². The van der Waals surface area contributed by atoms with Gasteiger partial charge in [0, 0.05) is 11.6 Å². The number of hydrogen-bond acceptors (Lipinski definition) is 5. The predicted octanol–water partition coefficient (Wildman–Crippen LogP) is 2.97. The second-order valence-corrected chi connectivity index (χ2v) is 4.99. The highest BCUT2D eigenvalue weighted by molar-refractivity contribution is 6.29. The van der Waals surface area contributed by atoms with Gasteiger partial charge in [-0.2, -0.15) is 0 Å². The smallest absolute Gasteiger partial charge is 0.151 e. The van der Waals surface area contributed by atoms with E-state index in [0.717, 1.165) is 17.9 Å². The highest BCUT2D eigenvalue weighted by Gasteiger charge is 2.24. The number of benzene rings is 1. The highest BCUT2D eigenvalue weighted by atomic mass is 35.5. The predicted molar refractivity (Wildman–Crippen MR) is 78.9 cm³/mol. The first-order valence-electron chi connectivity index (χ1n) is 6.77. The molecule has 21 heavy (non-hydrogen) atoms. The van der Waals surface area contributed by atoms with E-state index in [1.807, 2.05) is 31.2 Å². The maximum Gasteiger partial charge on any atom is 0.151 e. The molecule has 0 bridgehead atoms. The van der Waals surface area contributed by atoms with E-state index in [4.69, 9.17) is 25.8 Å². The summed E-state index contributed by atoms with van der Waals surface area (Å²) in [5, 5.41) is 8.32. The van der Waals surface area contributed by atoms with Crippen LogP contribution in [0.4, 0.5) is 0 Å². The molecule has 1 aliphatic heterocycles. The standard InChI is InChI=1S/C15H15ClN2O3/c1-2-19-10-3-4-12(13-5-6-15(16)18-17-13)14(7-10)21-9-11-8-20-11/h3-7,11H,2,8-9H2,1H3. The fourth-order valence-corrected chi connectivity index (χ4v) is 2.00. The molecule has 0 radical (unpaired) electrons. The Labute approximate surface area is 127 Å². The number of halogens is 1. The third kappa shape index (κ3) is 3.62. The number of ether oxygens (including phenoxy) is 3. The van der Waals surface area contributed by atoms with E-state index >= 15 is 0 Å². The van der Waals surface area contributed by atoms with Gasteiger partial charge in [0.15, 0.2) is 5.15 Å². The molecule has 5 nitrogen and oxygen atoms in total. The largest absolute Gasteiger partial charge is 0.494 e. The minimum absolute atomic E-state index is 0.185. The second-order valence-electron chi connectivity index (χ2n) is 4.60. The van der Waals surface area contributed by atoms with Crippen LogP contribution in [0, 0.1) is 0 Å². The van der Waals surface area contributed by atoms with Crippen LogP contribution >= 0.6 is 11.6 Å². The van der Waals surface area contributed by atoms with Gasteiger partial charge in [-0.1, -0.05) is 11.6 Å². The summed E-state index contributed by atoms with van der Waals surface area (Å²) >= 11 is 5.77. The molecule has 1 atom stereocenters. The van der Waals surface area contributed by atoms with Gasteiger partial charge in [-0.15, -0.1) is 10.2 Å². The Morgan fingerprint density at radius 2 is 2.10 bits per heavy atom. The fraction of sp³-hybridized carbons (Fsp3) is 0.333. The third-order valence-corrected chi connectivity index (χ3v) is 3.20. The number of rotatable bonds is 6. The van der Waals surface area contributed by atoms with E-state index < -0.39 is 0 Å². The zero-order valence-electron chi connectivity index (χ0n) is 11.6. The Bertz CT molecular complexity index is 615. The lowest BCUT2D eigenvalue weighted by molar-refractivity contribution is 0.262. The van der Waals surface area contributed by atoms with Crippen molar-refractivity contribution >= 4 is 11.6 Å². The molecule has 6 heteroatoms. The Morgan fingerprint density at radius 1 is 1.24 bits per heavy atom. The van der Waals surface area contributed by atoms with Crippen molar-refractivity contribution < 1.29 is 14.2 Å². The molecule has 2 aromatic rings. The summed E-state index contributed by atoms with van der Waals surface area (Å²) in [5.74, 6) is 1.46. The molecule has 0 N–H and O–H groups in total. The molecule has 0 spiro atoms. The minimum Gasteiger partial charge on any atom is -0.494 e. The lowest BCUT2D eigenvalue weighted by atomic mass is 10.1. The summed E-state index contributed by atoms with van der Waals surface area (Å²) in [7, 11) is 0. The van der Waals surface area contributed by atoms with Gasteiger partial charge in [-0.05, 0) is 31.2 Å². The molecule has 110 valence electrons. The topological polar surface area (TPSA) is 56.8 Å². The molecule has 2 heterocycles. The van der Waals surface area contributed by atoms with Gasteiger partial charge in [-0.3, -0.25) is 0 Å². The number of epoxide rings is 1. The first-order chi connectivity index (χ1) is 10.3. The molecule has 1 aromatic heterocycles. The summed E-state index contributed by atoms with van der Waals surface area (Å²) in [5.41, 5.74) is 1.55. The maximum atomic E-state index is 5.83. The van der Waals surface area contributed by atoms with Gasteiger partial charge < -0.3 is 14.2 Å². The van der Waals surface area contributed by atoms with Crippen molar-refractivity contribution in [1.29, 1.82) is 0 Å². The summed E-state index contributed by atoms with van der Waals surface area (Å²) in [6, 6.07) is 9.17. The molecule has 1 aromatic carbocycles. The van der Waals surface area contributed by atoms with Crippen molar-refractivity contribution in [1.82, 2.24) is 10.2 Å². The van der Waals surface area contributed by atoms with Gasteiger partial charge in [0.25, 0.3) is 0 Å². The zero-order chi connectivity index (χ0) is 14.7. The van der Waals surface area contributed by atoms with E-state index in [2.05, 4.69) is 10.2 Å². The van der Waals surface area contributed by atoms with Gasteiger partial charge >= 0.3 is 0 Å². The van der Waals surface area contributed by atoms with Crippen molar-refractivity contribution in [3.05, 3.63) is 35.5 Å². The van der Waals surface area contributed by atoms with Crippen LogP contribution in [0.3, 0.4) is 0 Å². The van der Waals surface area contributed by atoms with E-state index in [9.17, 15) is 0 Å². The lowest BCUT2D eigenvalue weighted by Gasteiger charge is -2.12. The van der Waals surface area contributed by atoms with Crippen molar-refractivity contribution in [3.8, 4) is 22.8 Å². The van der Waals surface area contributed by atoms with Gasteiger partial charge in [0.05, 0.1) is 18.9 Å². The molecular formula is C15H15ClN2O3. The maximum absolute atomic E-state index is 5.83. The molecule has 1 fully saturated rings. The van der Waals surface area contributed by atoms with Gasteiger partial charge in [-0.25, -0.2) is 0 Å². The van der Waals surface area contributed by atoms with E-state index in [1.165, 1.54) is 0 Å². The van der Waals surface area contributed by atoms with E-state index in [0.29, 0.717) is 29.8 Å². The van der Waals surface area contributed by atoms with Crippen LogP contribution in [0.1, 0.15) is 6.92 Å².